The van der Waals surface area contributed by atoms with Crippen LogP contribution in [-0.4, -0.2) is 40.5 Å². The van der Waals surface area contributed by atoms with E-state index in [1.54, 1.807) is 56.6 Å². The van der Waals surface area contributed by atoms with Gasteiger partial charge in [-0.05, 0) is 24.3 Å². The quantitative estimate of drug-likeness (QED) is 0.745. The Morgan fingerprint density at radius 3 is 2.04 bits per heavy atom. The zero-order valence-electron chi connectivity index (χ0n) is 13.1. The third-order valence-electron chi connectivity index (χ3n) is 3.78. The largest absolute Gasteiger partial charge is 0.330 e. The summed E-state index contributed by atoms with van der Waals surface area (Å²) in [5.74, 6) is 0. The Bertz CT molecular complexity index is 878. The van der Waals surface area contributed by atoms with Crippen molar-refractivity contribution < 1.29 is 13.2 Å². The van der Waals surface area contributed by atoms with E-state index in [4.69, 9.17) is 0 Å². The molecule has 0 saturated heterocycles. The lowest BCUT2D eigenvalue weighted by molar-refractivity contribution is 0.226. The van der Waals surface area contributed by atoms with Crippen LogP contribution in [0.5, 0.6) is 0 Å². The summed E-state index contributed by atoms with van der Waals surface area (Å²) in [5.41, 5.74) is 1.34. The predicted octanol–water partition coefficient (Wildman–Crippen LogP) is 2.64. The average Bonchev–Trinajstić information content (AvgIpc) is 2.61. The Balaban J connectivity index is 2.42. The summed E-state index contributed by atoms with van der Waals surface area (Å²) < 4.78 is 27.0. The molecule has 7 heteroatoms. The lowest BCUT2D eigenvalue weighted by atomic mass is 10.2. The molecule has 0 saturated carbocycles. The first-order valence-corrected chi connectivity index (χ1v) is 8.48. The SMILES string of the molecule is CN(C)C(=O)N1c2ccccc2N(C)S(=O)(=O)c2ccccc21. The molecule has 1 aliphatic heterocycles. The average molecular weight is 331 g/mol. The second kappa shape index (κ2) is 5.27. The lowest BCUT2D eigenvalue weighted by Gasteiger charge is -2.27. The Morgan fingerprint density at radius 2 is 1.43 bits per heavy atom. The number of urea groups is 1. The number of hydrogen-bond acceptors (Lipinski definition) is 3. The zero-order valence-corrected chi connectivity index (χ0v) is 13.9. The maximum atomic E-state index is 12.9. The third-order valence-corrected chi connectivity index (χ3v) is 5.60. The molecule has 0 N–H and O–H groups in total. The van der Waals surface area contributed by atoms with E-state index in [-0.39, 0.29) is 10.9 Å². The first-order chi connectivity index (χ1) is 10.9. The van der Waals surface area contributed by atoms with E-state index in [1.165, 1.54) is 27.2 Å². The van der Waals surface area contributed by atoms with E-state index >= 15 is 0 Å². The molecule has 2 aromatic carbocycles. The Hall–Kier alpha value is -2.54. The first kappa shape index (κ1) is 15.4. The molecule has 1 aliphatic rings. The summed E-state index contributed by atoms with van der Waals surface area (Å²) in [6.07, 6.45) is 0. The molecule has 2 aromatic rings. The maximum absolute atomic E-state index is 12.9. The van der Waals surface area contributed by atoms with E-state index in [0.29, 0.717) is 17.1 Å². The van der Waals surface area contributed by atoms with Crippen LogP contribution in [0, 0.1) is 0 Å². The number of nitrogens with zero attached hydrogens (tertiary/aromatic N) is 3. The number of carbonyl (C=O) groups excluding carboxylic acids is 1. The highest BCUT2D eigenvalue weighted by Crippen LogP contribution is 2.43. The van der Waals surface area contributed by atoms with Crippen molar-refractivity contribution in [2.45, 2.75) is 4.90 Å². The number of sulfonamides is 1. The van der Waals surface area contributed by atoms with Gasteiger partial charge in [0.1, 0.15) is 4.90 Å². The number of amides is 2. The highest BCUT2D eigenvalue weighted by Gasteiger charge is 2.36. The fourth-order valence-electron chi connectivity index (χ4n) is 2.59. The summed E-state index contributed by atoms with van der Waals surface area (Å²) in [6, 6.07) is 13.2. The first-order valence-electron chi connectivity index (χ1n) is 7.04. The second-order valence-electron chi connectivity index (χ2n) is 5.44. The maximum Gasteiger partial charge on any atom is 0.328 e. The number of para-hydroxylation sites is 3. The van der Waals surface area contributed by atoms with Crippen molar-refractivity contribution >= 4 is 33.1 Å². The Morgan fingerprint density at radius 1 is 0.913 bits per heavy atom. The molecule has 0 radical (unpaired) electrons. The van der Waals surface area contributed by atoms with Gasteiger partial charge in [0.2, 0.25) is 0 Å². The molecule has 6 nitrogen and oxygen atoms in total. The van der Waals surface area contributed by atoms with E-state index < -0.39 is 10.0 Å². The highest BCUT2D eigenvalue weighted by molar-refractivity contribution is 7.93. The molecule has 0 unspecified atom stereocenters. The van der Waals surface area contributed by atoms with Crippen molar-refractivity contribution in [1.29, 1.82) is 0 Å². The minimum atomic E-state index is -3.74. The van der Waals surface area contributed by atoms with Crippen LogP contribution in [0.25, 0.3) is 0 Å². The van der Waals surface area contributed by atoms with Crippen LogP contribution in [0.15, 0.2) is 53.4 Å². The van der Waals surface area contributed by atoms with Crippen molar-refractivity contribution in [1.82, 2.24) is 4.90 Å². The molecule has 0 spiro atoms. The fourth-order valence-corrected chi connectivity index (χ4v) is 3.97. The second-order valence-corrected chi connectivity index (χ2v) is 7.38. The molecule has 0 aromatic heterocycles. The number of rotatable bonds is 0. The molecular weight excluding hydrogens is 314 g/mol. The predicted molar refractivity (Wildman–Crippen MR) is 89.7 cm³/mol. The van der Waals surface area contributed by atoms with Crippen molar-refractivity contribution in [2.24, 2.45) is 0 Å². The van der Waals surface area contributed by atoms with Gasteiger partial charge in [0.25, 0.3) is 10.0 Å². The summed E-state index contributed by atoms with van der Waals surface area (Å²) in [7, 11) is 1.02. The third kappa shape index (κ3) is 2.24. The summed E-state index contributed by atoms with van der Waals surface area (Å²) in [5, 5.41) is 0. The van der Waals surface area contributed by atoms with E-state index in [0.717, 1.165) is 0 Å². The normalized spacial score (nSPS) is 15.4. The van der Waals surface area contributed by atoms with Gasteiger partial charge in [0.05, 0.1) is 17.1 Å². The topological polar surface area (TPSA) is 60.9 Å². The van der Waals surface area contributed by atoms with Gasteiger partial charge < -0.3 is 4.90 Å². The van der Waals surface area contributed by atoms with Crippen LogP contribution < -0.4 is 9.21 Å². The van der Waals surface area contributed by atoms with Crippen molar-refractivity contribution in [2.75, 3.05) is 30.3 Å². The van der Waals surface area contributed by atoms with Crippen molar-refractivity contribution in [3.8, 4) is 0 Å². The standard InChI is InChI=1S/C16H17N3O3S/c1-17(2)16(20)19-13-9-5-4-8-12(13)18(3)23(21,22)15-11-7-6-10-14(15)19/h4-11H,1-3H3. The molecule has 23 heavy (non-hydrogen) atoms. The van der Waals surface area contributed by atoms with Crippen LogP contribution >= 0.6 is 0 Å². The van der Waals surface area contributed by atoms with Gasteiger partial charge in [0.15, 0.2) is 0 Å². The van der Waals surface area contributed by atoms with E-state index in [2.05, 4.69) is 0 Å². The molecule has 2 amide bonds. The van der Waals surface area contributed by atoms with Gasteiger partial charge in [-0.3, -0.25) is 9.21 Å². The summed E-state index contributed by atoms with van der Waals surface area (Å²) in [6.45, 7) is 0. The molecule has 0 bridgehead atoms. The highest BCUT2D eigenvalue weighted by atomic mass is 32.2. The molecule has 0 aliphatic carbocycles. The van der Waals surface area contributed by atoms with Crippen LogP contribution in [0.3, 0.4) is 0 Å². The van der Waals surface area contributed by atoms with Gasteiger partial charge in [-0.15, -0.1) is 0 Å². The Labute approximate surface area is 135 Å². The minimum Gasteiger partial charge on any atom is -0.330 e. The van der Waals surface area contributed by atoms with Gasteiger partial charge in [0, 0.05) is 21.1 Å². The zero-order chi connectivity index (χ0) is 16.8. The van der Waals surface area contributed by atoms with Crippen LogP contribution in [0.1, 0.15) is 0 Å². The molecular formula is C16H17N3O3S. The number of anilines is 3. The molecule has 0 atom stereocenters. The number of benzene rings is 2. The van der Waals surface area contributed by atoms with E-state index in [9.17, 15) is 13.2 Å². The smallest absolute Gasteiger partial charge is 0.328 e. The number of hydrogen-bond donors (Lipinski definition) is 0. The van der Waals surface area contributed by atoms with Crippen molar-refractivity contribution in [3.63, 3.8) is 0 Å². The molecule has 0 fully saturated rings. The fraction of sp³-hybridized carbons (Fsp3) is 0.188. The van der Waals surface area contributed by atoms with Gasteiger partial charge >= 0.3 is 6.03 Å². The minimum absolute atomic E-state index is 0.105. The van der Waals surface area contributed by atoms with Gasteiger partial charge in [-0.25, -0.2) is 13.2 Å². The van der Waals surface area contributed by atoms with Crippen LogP contribution in [-0.2, 0) is 10.0 Å². The van der Waals surface area contributed by atoms with E-state index in [1.807, 2.05) is 0 Å². The molecule has 1 heterocycles. The number of fused-ring (bicyclic) bond motifs is 2. The monoisotopic (exact) mass is 331 g/mol. The molecule has 3 rings (SSSR count). The van der Waals surface area contributed by atoms with Crippen molar-refractivity contribution in [3.05, 3.63) is 48.5 Å². The summed E-state index contributed by atoms with van der Waals surface area (Å²) >= 11 is 0. The lowest BCUT2D eigenvalue weighted by Crippen LogP contribution is -2.36. The Kier molecular flexibility index (Phi) is 3.52. The summed E-state index contributed by atoms with van der Waals surface area (Å²) in [4.78, 5) is 15.7. The number of carbonyl (C=O) groups is 1. The van der Waals surface area contributed by atoms with Crippen LogP contribution in [0.4, 0.5) is 21.9 Å². The van der Waals surface area contributed by atoms with Crippen LogP contribution in [0.2, 0.25) is 0 Å². The van der Waals surface area contributed by atoms with Gasteiger partial charge in [-0.2, -0.15) is 0 Å². The van der Waals surface area contributed by atoms with Gasteiger partial charge in [-0.1, -0.05) is 24.3 Å². The molecule has 120 valence electrons.